The second kappa shape index (κ2) is 8.55. The third kappa shape index (κ3) is 5.80. The van der Waals surface area contributed by atoms with E-state index in [1.165, 1.54) is 11.1 Å². The van der Waals surface area contributed by atoms with Gasteiger partial charge in [-0.15, -0.1) is 0 Å². The molecule has 0 fully saturated rings. The predicted molar refractivity (Wildman–Crippen MR) is 92.0 cm³/mol. The zero-order valence-electron chi connectivity index (χ0n) is 14.7. The van der Waals surface area contributed by atoms with E-state index in [9.17, 15) is 0 Å². The highest BCUT2D eigenvalue weighted by molar-refractivity contribution is 5.28. The molecule has 0 aliphatic carbocycles. The molecule has 1 aromatic rings. The van der Waals surface area contributed by atoms with Crippen LogP contribution in [0.5, 0.6) is 0 Å². The average Bonchev–Trinajstić information content (AvgIpc) is 2.44. The fraction of sp³-hybridized carbons (Fsp3) is 0.684. The number of hydrogen-bond acceptors (Lipinski definition) is 2. The van der Waals surface area contributed by atoms with Crippen molar-refractivity contribution < 1.29 is 4.74 Å². The molecule has 1 N–H and O–H groups in total. The quantitative estimate of drug-likeness (QED) is 0.770. The molecule has 0 bridgehead atoms. The van der Waals surface area contributed by atoms with Crippen LogP contribution >= 0.6 is 0 Å². The van der Waals surface area contributed by atoms with Gasteiger partial charge in [0.05, 0.1) is 6.10 Å². The number of hydrogen-bond donors (Lipinski definition) is 1. The highest BCUT2D eigenvalue weighted by atomic mass is 16.5. The van der Waals surface area contributed by atoms with Crippen LogP contribution in [-0.4, -0.2) is 25.8 Å². The van der Waals surface area contributed by atoms with Crippen molar-refractivity contribution in [3.63, 3.8) is 0 Å². The summed E-state index contributed by atoms with van der Waals surface area (Å²) in [6.45, 7) is 12.1. The van der Waals surface area contributed by atoms with Crippen molar-refractivity contribution in [1.29, 1.82) is 0 Å². The molecule has 0 heterocycles. The van der Waals surface area contributed by atoms with Crippen LogP contribution in [0.25, 0.3) is 0 Å². The van der Waals surface area contributed by atoms with E-state index in [4.69, 9.17) is 4.74 Å². The van der Waals surface area contributed by atoms with Gasteiger partial charge in [0, 0.05) is 13.2 Å². The molecule has 2 nitrogen and oxygen atoms in total. The number of methoxy groups -OCH3 is 1. The van der Waals surface area contributed by atoms with Gasteiger partial charge in [-0.1, -0.05) is 65.3 Å². The zero-order chi connectivity index (χ0) is 15.9. The smallest absolute Gasteiger partial charge is 0.0727 e. The van der Waals surface area contributed by atoms with Gasteiger partial charge < -0.3 is 10.1 Å². The normalized spacial score (nSPS) is 15.0. The molecule has 0 aromatic heterocycles. The molecule has 0 saturated heterocycles. The molecule has 2 atom stereocenters. The largest absolute Gasteiger partial charge is 0.380 e. The minimum absolute atomic E-state index is 0.219. The van der Waals surface area contributed by atoms with Gasteiger partial charge in [-0.3, -0.25) is 0 Å². The zero-order valence-corrected chi connectivity index (χ0v) is 14.7. The Morgan fingerprint density at radius 3 is 2.14 bits per heavy atom. The van der Waals surface area contributed by atoms with Crippen LogP contribution in [0, 0.1) is 0 Å². The van der Waals surface area contributed by atoms with E-state index in [2.05, 4.69) is 64.2 Å². The van der Waals surface area contributed by atoms with Gasteiger partial charge in [0.15, 0.2) is 0 Å². The molecular formula is C19H33NO. The Labute approximate surface area is 131 Å². The number of ether oxygens (including phenoxy) is 1. The van der Waals surface area contributed by atoms with Crippen molar-refractivity contribution in [2.24, 2.45) is 0 Å². The summed E-state index contributed by atoms with van der Waals surface area (Å²) in [7, 11) is 1.83. The third-order valence-corrected chi connectivity index (χ3v) is 4.07. The topological polar surface area (TPSA) is 21.3 Å². The van der Waals surface area contributed by atoms with Crippen molar-refractivity contribution in [3.05, 3.63) is 35.4 Å². The minimum Gasteiger partial charge on any atom is -0.380 e. The molecule has 120 valence electrons. The molecule has 0 spiro atoms. The minimum atomic E-state index is 0.219. The molecule has 0 saturated carbocycles. The lowest BCUT2D eigenvalue weighted by Crippen LogP contribution is -2.42. The van der Waals surface area contributed by atoms with E-state index in [0.29, 0.717) is 6.04 Å². The Morgan fingerprint density at radius 1 is 1.10 bits per heavy atom. The van der Waals surface area contributed by atoms with E-state index in [0.717, 1.165) is 25.8 Å². The van der Waals surface area contributed by atoms with Gasteiger partial charge in [-0.2, -0.15) is 0 Å². The molecule has 21 heavy (non-hydrogen) atoms. The third-order valence-electron chi connectivity index (χ3n) is 4.07. The van der Waals surface area contributed by atoms with E-state index in [-0.39, 0.29) is 11.5 Å². The van der Waals surface area contributed by atoms with Crippen molar-refractivity contribution >= 4 is 0 Å². The summed E-state index contributed by atoms with van der Waals surface area (Å²) in [6.07, 6.45) is 3.58. The maximum Gasteiger partial charge on any atom is 0.0727 e. The second-order valence-corrected chi connectivity index (χ2v) is 6.88. The van der Waals surface area contributed by atoms with Crippen LogP contribution in [0.3, 0.4) is 0 Å². The summed E-state index contributed by atoms with van der Waals surface area (Å²) in [5.41, 5.74) is 2.99. The van der Waals surface area contributed by atoms with E-state index >= 15 is 0 Å². The van der Waals surface area contributed by atoms with E-state index in [1.807, 2.05) is 7.11 Å². The number of nitrogens with one attached hydrogen (secondary N) is 1. The number of benzene rings is 1. The van der Waals surface area contributed by atoms with Gasteiger partial charge in [-0.05, 0) is 35.9 Å². The van der Waals surface area contributed by atoms with Crippen molar-refractivity contribution in [1.82, 2.24) is 5.32 Å². The number of likely N-dealkylation sites (N-methyl/N-ethyl adjacent to an activating group) is 1. The lowest BCUT2D eigenvalue weighted by Gasteiger charge is -2.27. The van der Waals surface area contributed by atoms with Crippen molar-refractivity contribution in [2.45, 2.75) is 71.4 Å². The Bertz CT molecular complexity index is 391. The molecule has 0 radical (unpaired) electrons. The second-order valence-electron chi connectivity index (χ2n) is 6.88. The Morgan fingerprint density at radius 2 is 1.71 bits per heavy atom. The predicted octanol–water partition coefficient (Wildman–Crippen LogP) is 4.32. The molecule has 0 aliphatic rings. The van der Waals surface area contributed by atoms with Gasteiger partial charge in [0.1, 0.15) is 0 Å². The van der Waals surface area contributed by atoms with E-state index in [1.54, 1.807) is 0 Å². The van der Waals surface area contributed by atoms with Crippen molar-refractivity contribution in [3.8, 4) is 0 Å². The van der Waals surface area contributed by atoms with Crippen LogP contribution in [0.1, 0.15) is 58.6 Å². The van der Waals surface area contributed by atoms with Crippen LogP contribution in [0.2, 0.25) is 0 Å². The maximum absolute atomic E-state index is 5.69. The summed E-state index contributed by atoms with van der Waals surface area (Å²) in [5.74, 6) is 0. The van der Waals surface area contributed by atoms with Crippen molar-refractivity contribution in [2.75, 3.05) is 13.7 Å². The molecule has 0 amide bonds. The first-order valence-electron chi connectivity index (χ1n) is 8.28. The molecule has 0 aliphatic heterocycles. The fourth-order valence-electron chi connectivity index (χ4n) is 2.76. The van der Waals surface area contributed by atoms with Crippen LogP contribution in [0.4, 0.5) is 0 Å². The highest BCUT2D eigenvalue weighted by Gasteiger charge is 2.20. The Hall–Kier alpha value is -0.860. The van der Waals surface area contributed by atoms with Gasteiger partial charge in [0.2, 0.25) is 0 Å². The molecular weight excluding hydrogens is 258 g/mol. The summed E-state index contributed by atoms with van der Waals surface area (Å²) in [5, 5.41) is 3.59. The SMILES string of the molecule is CCCC(OC)C(Cc1ccc(C(C)(C)C)cc1)NCC. The van der Waals surface area contributed by atoms with Gasteiger partial charge >= 0.3 is 0 Å². The first kappa shape index (κ1) is 18.2. The molecule has 1 aromatic carbocycles. The lowest BCUT2D eigenvalue weighted by atomic mass is 9.86. The van der Waals surface area contributed by atoms with E-state index < -0.39 is 0 Å². The summed E-state index contributed by atoms with van der Waals surface area (Å²) >= 11 is 0. The maximum atomic E-state index is 5.69. The van der Waals surface area contributed by atoms with Gasteiger partial charge in [0.25, 0.3) is 0 Å². The van der Waals surface area contributed by atoms with Gasteiger partial charge in [-0.25, -0.2) is 0 Å². The summed E-state index contributed by atoms with van der Waals surface area (Å²) in [6, 6.07) is 9.45. The average molecular weight is 291 g/mol. The highest BCUT2D eigenvalue weighted by Crippen LogP contribution is 2.23. The van der Waals surface area contributed by atoms with Crippen LogP contribution < -0.4 is 5.32 Å². The molecule has 1 rings (SSSR count). The van der Waals surface area contributed by atoms with Crippen LogP contribution in [-0.2, 0) is 16.6 Å². The molecule has 2 unspecified atom stereocenters. The standard InChI is InChI=1S/C19H33NO/c1-7-9-18(21-6)17(20-8-2)14-15-10-12-16(13-11-15)19(3,4)5/h10-13,17-18,20H,7-9,14H2,1-6H3. The van der Waals surface area contributed by atoms with Crippen LogP contribution in [0.15, 0.2) is 24.3 Å². The molecule has 2 heteroatoms. The summed E-state index contributed by atoms with van der Waals surface area (Å²) < 4.78 is 5.69. The lowest BCUT2D eigenvalue weighted by molar-refractivity contribution is 0.0614. The first-order valence-corrected chi connectivity index (χ1v) is 8.28. The monoisotopic (exact) mass is 291 g/mol. The summed E-state index contributed by atoms with van der Waals surface area (Å²) in [4.78, 5) is 0. The Balaban J connectivity index is 2.79. The number of rotatable bonds is 8. The Kier molecular flexibility index (Phi) is 7.41. The fourth-order valence-corrected chi connectivity index (χ4v) is 2.76. The first-order chi connectivity index (χ1) is 9.92.